The van der Waals surface area contributed by atoms with Gasteiger partial charge in [0.1, 0.15) is 11.6 Å². The zero-order valence-corrected chi connectivity index (χ0v) is 7.79. The Balaban J connectivity index is 2.90. The lowest BCUT2D eigenvalue weighted by atomic mass is 10.3. The third-order valence-electron chi connectivity index (χ3n) is 1.26. The molecule has 1 rings (SSSR count). The van der Waals surface area contributed by atoms with Crippen molar-refractivity contribution in [3.63, 3.8) is 0 Å². The fourth-order valence-corrected chi connectivity index (χ4v) is 1.69. The quantitative estimate of drug-likeness (QED) is 0.640. The van der Waals surface area contributed by atoms with Crippen LogP contribution in [0.1, 0.15) is 13.8 Å². The predicted molar refractivity (Wildman–Crippen MR) is 47.4 cm³/mol. The number of thioether (sulfide) groups is 1. The maximum atomic E-state index is 12.9. The Morgan fingerprint density at radius 3 is 2.50 bits per heavy atom. The van der Waals surface area contributed by atoms with Crippen LogP contribution in [0.3, 0.4) is 0 Å². The molecule has 66 valence electrons. The van der Waals surface area contributed by atoms with Crippen molar-refractivity contribution in [2.75, 3.05) is 0 Å². The minimum absolute atomic E-state index is 0.265. The summed E-state index contributed by atoms with van der Waals surface area (Å²) in [6.07, 6.45) is 0. The number of halogens is 2. The van der Waals surface area contributed by atoms with Gasteiger partial charge in [-0.2, -0.15) is 0 Å². The Morgan fingerprint density at radius 1 is 1.25 bits per heavy atom. The second-order valence-corrected chi connectivity index (χ2v) is 4.36. The van der Waals surface area contributed by atoms with Gasteiger partial charge in [-0.1, -0.05) is 13.8 Å². The normalized spacial score (nSPS) is 10.8. The number of benzene rings is 1. The molecule has 0 aromatic heterocycles. The Morgan fingerprint density at radius 2 is 1.92 bits per heavy atom. The van der Waals surface area contributed by atoms with Gasteiger partial charge in [0.05, 0.1) is 0 Å². The molecule has 3 heteroatoms. The fraction of sp³-hybridized carbons (Fsp3) is 0.333. The van der Waals surface area contributed by atoms with Crippen molar-refractivity contribution in [2.45, 2.75) is 24.0 Å². The summed E-state index contributed by atoms with van der Waals surface area (Å²) in [5, 5.41) is 0.265. The highest BCUT2D eigenvalue weighted by atomic mass is 32.2. The summed E-state index contributed by atoms with van der Waals surface area (Å²) in [5.74, 6) is -0.741. The lowest BCUT2D eigenvalue weighted by molar-refractivity contribution is 0.577. The van der Waals surface area contributed by atoms with Gasteiger partial charge < -0.3 is 0 Å². The van der Waals surface area contributed by atoms with E-state index in [4.69, 9.17) is 0 Å². The fourth-order valence-electron chi connectivity index (χ4n) is 0.821. The maximum absolute atomic E-state index is 12.9. The first-order valence-electron chi connectivity index (χ1n) is 3.71. The van der Waals surface area contributed by atoms with Crippen LogP contribution in [-0.2, 0) is 0 Å². The second kappa shape index (κ2) is 3.90. The Kier molecular flexibility index (Phi) is 3.09. The van der Waals surface area contributed by atoms with Gasteiger partial charge in [0.2, 0.25) is 0 Å². The number of hydrogen-bond donors (Lipinski definition) is 0. The van der Waals surface area contributed by atoms with E-state index in [0.29, 0.717) is 4.90 Å². The third kappa shape index (κ3) is 2.48. The molecule has 0 saturated heterocycles. The molecule has 0 amide bonds. The van der Waals surface area contributed by atoms with Crippen LogP contribution in [0.2, 0.25) is 0 Å². The molecule has 0 fully saturated rings. The Labute approximate surface area is 75.0 Å². The van der Waals surface area contributed by atoms with Crippen molar-refractivity contribution in [2.24, 2.45) is 0 Å². The van der Waals surface area contributed by atoms with E-state index in [0.717, 1.165) is 12.1 Å². The summed E-state index contributed by atoms with van der Waals surface area (Å²) in [5.41, 5.74) is 0. The largest absolute Gasteiger partial charge is 0.207 e. The maximum Gasteiger partial charge on any atom is 0.136 e. The van der Waals surface area contributed by atoms with Crippen LogP contribution in [0, 0.1) is 11.6 Å². The van der Waals surface area contributed by atoms with Crippen molar-refractivity contribution in [1.82, 2.24) is 0 Å². The molecule has 0 atom stereocenters. The van der Waals surface area contributed by atoms with Crippen LogP contribution in [0.4, 0.5) is 8.78 Å². The standard InChI is InChI=1S/C9H10F2S/c1-6(2)12-9-5-7(10)3-4-8(9)11/h3-6H,1-2H3. The molecule has 0 saturated carbocycles. The van der Waals surface area contributed by atoms with Gasteiger partial charge in [-0.3, -0.25) is 0 Å². The molecule has 0 aliphatic heterocycles. The number of rotatable bonds is 2. The highest BCUT2D eigenvalue weighted by molar-refractivity contribution is 7.99. The smallest absolute Gasteiger partial charge is 0.136 e. The van der Waals surface area contributed by atoms with Crippen LogP contribution in [0.25, 0.3) is 0 Å². The molecule has 0 unspecified atom stereocenters. The van der Waals surface area contributed by atoms with E-state index >= 15 is 0 Å². The number of hydrogen-bond acceptors (Lipinski definition) is 1. The lowest BCUT2D eigenvalue weighted by Gasteiger charge is -2.05. The van der Waals surface area contributed by atoms with E-state index < -0.39 is 0 Å². The predicted octanol–water partition coefficient (Wildman–Crippen LogP) is 3.47. The van der Waals surface area contributed by atoms with Crippen molar-refractivity contribution in [3.8, 4) is 0 Å². The molecule has 12 heavy (non-hydrogen) atoms. The molecule has 0 nitrogen and oxygen atoms in total. The average molecular weight is 188 g/mol. The first-order valence-corrected chi connectivity index (χ1v) is 4.59. The van der Waals surface area contributed by atoms with E-state index in [1.54, 1.807) is 0 Å². The topological polar surface area (TPSA) is 0 Å². The summed E-state index contributed by atoms with van der Waals surface area (Å²) >= 11 is 1.32. The summed E-state index contributed by atoms with van der Waals surface area (Å²) in [6.45, 7) is 3.88. The van der Waals surface area contributed by atoms with Gasteiger partial charge in [0, 0.05) is 10.1 Å². The van der Waals surface area contributed by atoms with Gasteiger partial charge in [0.15, 0.2) is 0 Å². The molecule has 0 aliphatic carbocycles. The molecular formula is C9H10F2S. The van der Waals surface area contributed by atoms with Gasteiger partial charge in [-0.25, -0.2) is 8.78 Å². The minimum atomic E-state index is -0.389. The third-order valence-corrected chi connectivity index (χ3v) is 2.29. The summed E-state index contributed by atoms with van der Waals surface area (Å²) in [6, 6.07) is 3.50. The van der Waals surface area contributed by atoms with E-state index in [2.05, 4.69) is 0 Å². The van der Waals surface area contributed by atoms with E-state index in [9.17, 15) is 8.78 Å². The van der Waals surface area contributed by atoms with Crippen LogP contribution >= 0.6 is 11.8 Å². The lowest BCUT2D eigenvalue weighted by Crippen LogP contribution is -1.90. The molecule has 0 heterocycles. The molecule has 0 spiro atoms. The van der Waals surface area contributed by atoms with Crippen molar-refractivity contribution in [3.05, 3.63) is 29.8 Å². The van der Waals surface area contributed by atoms with Crippen LogP contribution < -0.4 is 0 Å². The van der Waals surface area contributed by atoms with Gasteiger partial charge >= 0.3 is 0 Å². The first-order chi connectivity index (χ1) is 5.59. The monoisotopic (exact) mass is 188 g/mol. The molecule has 0 aliphatic rings. The molecule has 0 N–H and O–H groups in total. The van der Waals surface area contributed by atoms with Crippen LogP contribution in [0.5, 0.6) is 0 Å². The minimum Gasteiger partial charge on any atom is -0.207 e. The van der Waals surface area contributed by atoms with Crippen molar-refractivity contribution < 1.29 is 8.78 Å². The summed E-state index contributed by atoms with van der Waals surface area (Å²) < 4.78 is 25.6. The van der Waals surface area contributed by atoms with Crippen LogP contribution in [0.15, 0.2) is 23.1 Å². The Hall–Kier alpha value is -0.570. The SMILES string of the molecule is CC(C)Sc1cc(F)ccc1F. The van der Waals surface area contributed by atoms with E-state index in [-0.39, 0.29) is 16.9 Å². The zero-order chi connectivity index (χ0) is 9.14. The highest BCUT2D eigenvalue weighted by Crippen LogP contribution is 2.26. The highest BCUT2D eigenvalue weighted by Gasteiger charge is 2.05. The molecule has 1 aromatic rings. The molecule has 1 aromatic carbocycles. The van der Waals surface area contributed by atoms with Crippen LogP contribution in [-0.4, -0.2) is 5.25 Å². The van der Waals surface area contributed by atoms with Gasteiger partial charge in [-0.15, -0.1) is 11.8 Å². The van der Waals surface area contributed by atoms with Crippen molar-refractivity contribution >= 4 is 11.8 Å². The van der Waals surface area contributed by atoms with Crippen molar-refractivity contribution in [1.29, 1.82) is 0 Å². The Bertz CT molecular complexity index is 271. The zero-order valence-electron chi connectivity index (χ0n) is 6.97. The molecule has 0 radical (unpaired) electrons. The average Bonchev–Trinajstić information content (AvgIpc) is 1.96. The second-order valence-electron chi connectivity index (χ2n) is 2.74. The molecule has 0 bridgehead atoms. The summed E-state index contributed by atoms with van der Waals surface area (Å²) in [7, 11) is 0. The van der Waals surface area contributed by atoms with Gasteiger partial charge in [0.25, 0.3) is 0 Å². The van der Waals surface area contributed by atoms with Gasteiger partial charge in [-0.05, 0) is 18.2 Å². The first kappa shape index (κ1) is 9.52. The van der Waals surface area contributed by atoms with E-state index in [1.165, 1.54) is 17.8 Å². The van der Waals surface area contributed by atoms with E-state index in [1.807, 2.05) is 13.8 Å². The molecular weight excluding hydrogens is 178 g/mol. The summed E-state index contributed by atoms with van der Waals surface area (Å²) in [4.78, 5) is 0.380.